The van der Waals surface area contributed by atoms with Gasteiger partial charge in [0.2, 0.25) is 11.7 Å². The number of furan rings is 1. The van der Waals surface area contributed by atoms with Gasteiger partial charge in [0, 0.05) is 17.0 Å². The molecule has 4 rings (SSSR count). The summed E-state index contributed by atoms with van der Waals surface area (Å²) in [7, 11) is 0. The number of amides is 1. The van der Waals surface area contributed by atoms with Crippen LogP contribution in [0.15, 0.2) is 58.6 Å². The number of fused-ring (bicyclic) bond motifs is 1. The van der Waals surface area contributed by atoms with E-state index in [0.717, 1.165) is 5.39 Å². The smallest absolute Gasteiger partial charge is 0.234 e. The Morgan fingerprint density at radius 2 is 1.88 bits per heavy atom. The maximum atomic E-state index is 12.5. The molecule has 0 aliphatic rings. The van der Waals surface area contributed by atoms with E-state index < -0.39 is 0 Å². The first-order chi connectivity index (χ1) is 15.4. The fourth-order valence-corrected chi connectivity index (χ4v) is 4.45. The summed E-state index contributed by atoms with van der Waals surface area (Å²) in [4.78, 5) is 12.5. The SMILES string of the molecule is C=CCn1c(SCC(=O)Nc2cc(Cl)c(Cl)cc2Cl)nnc1-c1cc2cc(Cl)ccc2o1. The number of nitrogens with one attached hydrogen (secondary N) is 1. The second-order valence-electron chi connectivity index (χ2n) is 6.58. The molecule has 164 valence electrons. The first-order valence-corrected chi connectivity index (χ1v) is 11.7. The van der Waals surface area contributed by atoms with Gasteiger partial charge in [-0.1, -0.05) is 64.2 Å². The lowest BCUT2D eigenvalue weighted by molar-refractivity contribution is -0.113. The predicted octanol–water partition coefficient (Wildman–Crippen LogP) is 7.22. The average molecular weight is 528 g/mol. The highest BCUT2D eigenvalue weighted by Crippen LogP contribution is 2.33. The largest absolute Gasteiger partial charge is 0.453 e. The highest BCUT2D eigenvalue weighted by atomic mass is 35.5. The van der Waals surface area contributed by atoms with E-state index >= 15 is 0 Å². The normalized spacial score (nSPS) is 11.1. The second-order valence-corrected chi connectivity index (χ2v) is 9.18. The van der Waals surface area contributed by atoms with Gasteiger partial charge >= 0.3 is 0 Å². The summed E-state index contributed by atoms with van der Waals surface area (Å²) in [5.41, 5.74) is 1.06. The van der Waals surface area contributed by atoms with Crippen LogP contribution in [0.4, 0.5) is 5.69 Å². The average Bonchev–Trinajstić information content (AvgIpc) is 3.34. The van der Waals surface area contributed by atoms with E-state index in [4.69, 9.17) is 50.8 Å². The fourth-order valence-electron chi connectivity index (χ4n) is 2.93. The quantitative estimate of drug-likeness (QED) is 0.156. The van der Waals surface area contributed by atoms with E-state index in [-0.39, 0.29) is 11.7 Å². The summed E-state index contributed by atoms with van der Waals surface area (Å²) in [6, 6.07) is 10.2. The molecule has 0 aliphatic carbocycles. The van der Waals surface area contributed by atoms with Gasteiger partial charge in [-0.3, -0.25) is 9.36 Å². The summed E-state index contributed by atoms with van der Waals surface area (Å²) >= 11 is 25.3. The molecule has 0 spiro atoms. The van der Waals surface area contributed by atoms with Crippen molar-refractivity contribution in [3.8, 4) is 11.6 Å². The summed E-state index contributed by atoms with van der Waals surface area (Å²) in [5, 5.41) is 14.1. The van der Waals surface area contributed by atoms with Crippen molar-refractivity contribution < 1.29 is 9.21 Å². The van der Waals surface area contributed by atoms with Gasteiger partial charge < -0.3 is 9.73 Å². The molecule has 2 aromatic heterocycles. The van der Waals surface area contributed by atoms with Gasteiger partial charge in [-0.15, -0.1) is 16.8 Å². The third kappa shape index (κ3) is 4.92. The number of benzene rings is 2. The summed E-state index contributed by atoms with van der Waals surface area (Å²) < 4.78 is 7.72. The monoisotopic (exact) mass is 526 g/mol. The van der Waals surface area contributed by atoms with Gasteiger partial charge in [-0.25, -0.2) is 0 Å². The van der Waals surface area contributed by atoms with E-state index in [9.17, 15) is 4.79 Å². The molecule has 0 unspecified atom stereocenters. The van der Waals surface area contributed by atoms with Crippen molar-refractivity contribution in [2.75, 3.05) is 11.1 Å². The fraction of sp³-hybridized carbons (Fsp3) is 0.0952. The third-order valence-electron chi connectivity index (χ3n) is 4.34. The van der Waals surface area contributed by atoms with Gasteiger partial charge in [0.1, 0.15) is 5.58 Å². The summed E-state index contributed by atoms with van der Waals surface area (Å²) in [5.74, 6) is 0.841. The molecule has 4 aromatic rings. The minimum Gasteiger partial charge on any atom is -0.453 e. The molecule has 11 heteroatoms. The number of halogens is 4. The lowest BCUT2D eigenvalue weighted by Gasteiger charge is -2.09. The van der Waals surface area contributed by atoms with Gasteiger partial charge in [0.15, 0.2) is 10.9 Å². The van der Waals surface area contributed by atoms with E-state index in [1.807, 2.05) is 16.7 Å². The van der Waals surface area contributed by atoms with Crippen molar-refractivity contribution in [1.29, 1.82) is 0 Å². The molecule has 0 fully saturated rings. The standard InChI is InChI=1S/C21H14Cl4N4O2S/c1-2-5-29-20(18-7-11-6-12(22)3-4-17(11)31-18)27-28-21(29)32-10-19(30)26-16-9-14(24)13(23)8-15(16)25/h2-4,6-9H,1,5,10H2,(H,26,30). The Kier molecular flexibility index (Phi) is 7.02. The maximum Gasteiger partial charge on any atom is 0.234 e. The van der Waals surface area contributed by atoms with Gasteiger partial charge in [0.25, 0.3) is 0 Å². The molecule has 0 radical (unpaired) electrons. The molecule has 2 heterocycles. The van der Waals surface area contributed by atoms with Crippen LogP contribution in [0.2, 0.25) is 20.1 Å². The number of aromatic nitrogens is 3. The molecule has 6 nitrogen and oxygen atoms in total. The zero-order chi connectivity index (χ0) is 22.8. The van der Waals surface area contributed by atoms with Crippen LogP contribution in [-0.4, -0.2) is 26.4 Å². The minimum absolute atomic E-state index is 0.0710. The van der Waals surface area contributed by atoms with Crippen molar-refractivity contribution in [3.63, 3.8) is 0 Å². The number of hydrogen-bond donors (Lipinski definition) is 1. The van der Waals surface area contributed by atoms with Gasteiger partial charge in [-0.2, -0.15) is 0 Å². The van der Waals surface area contributed by atoms with Crippen molar-refractivity contribution in [1.82, 2.24) is 14.8 Å². The van der Waals surface area contributed by atoms with Crippen LogP contribution in [0.3, 0.4) is 0 Å². The minimum atomic E-state index is -0.289. The molecule has 2 aromatic carbocycles. The third-order valence-corrected chi connectivity index (χ3v) is 6.58. The zero-order valence-electron chi connectivity index (χ0n) is 16.2. The van der Waals surface area contributed by atoms with Crippen molar-refractivity contribution >= 4 is 80.7 Å². The van der Waals surface area contributed by atoms with Crippen LogP contribution in [0, 0.1) is 0 Å². The molecule has 0 aliphatic heterocycles. The second kappa shape index (κ2) is 9.77. The highest BCUT2D eigenvalue weighted by molar-refractivity contribution is 7.99. The molecular weight excluding hydrogens is 514 g/mol. The molecule has 0 atom stereocenters. The Morgan fingerprint density at radius 1 is 1.09 bits per heavy atom. The Morgan fingerprint density at radius 3 is 2.66 bits per heavy atom. The number of carbonyl (C=O) groups excluding carboxylic acids is 1. The van der Waals surface area contributed by atoms with Crippen molar-refractivity contribution in [3.05, 3.63) is 69.1 Å². The highest BCUT2D eigenvalue weighted by Gasteiger charge is 2.19. The number of allylic oxidation sites excluding steroid dienone is 1. The molecule has 1 N–H and O–H groups in total. The van der Waals surface area contributed by atoms with Crippen LogP contribution in [0.5, 0.6) is 0 Å². The summed E-state index contributed by atoms with van der Waals surface area (Å²) in [6.45, 7) is 4.22. The molecule has 0 saturated heterocycles. The lowest BCUT2D eigenvalue weighted by Crippen LogP contribution is -2.15. The Labute approximate surface area is 207 Å². The van der Waals surface area contributed by atoms with E-state index in [0.29, 0.717) is 54.6 Å². The van der Waals surface area contributed by atoms with Crippen LogP contribution in [0.1, 0.15) is 0 Å². The summed E-state index contributed by atoms with van der Waals surface area (Å²) in [6.07, 6.45) is 1.71. The van der Waals surface area contributed by atoms with Crippen LogP contribution < -0.4 is 5.32 Å². The predicted molar refractivity (Wildman–Crippen MR) is 131 cm³/mol. The molecule has 0 saturated carbocycles. The van der Waals surface area contributed by atoms with Crippen molar-refractivity contribution in [2.24, 2.45) is 0 Å². The number of carbonyl (C=O) groups is 1. The first-order valence-electron chi connectivity index (χ1n) is 9.16. The van der Waals surface area contributed by atoms with Gasteiger partial charge in [0.05, 0.1) is 26.5 Å². The zero-order valence-corrected chi connectivity index (χ0v) is 20.1. The Bertz CT molecular complexity index is 1340. The molecular formula is C21H14Cl4N4O2S. The molecule has 0 bridgehead atoms. The molecule has 1 amide bonds. The Balaban J connectivity index is 1.53. The van der Waals surface area contributed by atoms with E-state index in [1.54, 1.807) is 18.2 Å². The van der Waals surface area contributed by atoms with Gasteiger partial charge in [-0.05, 0) is 36.4 Å². The van der Waals surface area contributed by atoms with Crippen LogP contribution in [0.25, 0.3) is 22.6 Å². The number of nitrogens with zero attached hydrogens (tertiary/aromatic N) is 3. The molecule has 32 heavy (non-hydrogen) atoms. The van der Waals surface area contributed by atoms with Crippen LogP contribution in [-0.2, 0) is 11.3 Å². The van der Waals surface area contributed by atoms with Crippen molar-refractivity contribution in [2.45, 2.75) is 11.7 Å². The number of thioether (sulfide) groups is 1. The van der Waals surface area contributed by atoms with Crippen LogP contribution >= 0.6 is 58.2 Å². The topological polar surface area (TPSA) is 73.0 Å². The maximum absolute atomic E-state index is 12.5. The Hall–Kier alpha value is -2.16. The lowest BCUT2D eigenvalue weighted by atomic mass is 10.2. The first kappa shape index (κ1) is 23.0. The number of hydrogen-bond acceptors (Lipinski definition) is 5. The number of rotatable bonds is 7. The number of anilines is 1. The van der Waals surface area contributed by atoms with E-state index in [2.05, 4.69) is 22.1 Å². The van der Waals surface area contributed by atoms with E-state index in [1.165, 1.54) is 23.9 Å².